The Balaban J connectivity index is 1.74. The summed E-state index contributed by atoms with van der Waals surface area (Å²) < 4.78 is 0. The van der Waals surface area contributed by atoms with Crippen LogP contribution in [0.1, 0.15) is 30.9 Å². The monoisotopic (exact) mass is 304 g/mol. The van der Waals surface area contributed by atoms with E-state index in [2.05, 4.69) is 41.0 Å². The second kappa shape index (κ2) is 8.30. The molecule has 4 nitrogen and oxygen atoms in total. The Morgan fingerprint density at radius 2 is 1.91 bits per heavy atom. The SMILES string of the molecule is CCN(CC(=O)O)C1CCN(CCc2ccc(C)cc2)CC1. The first-order valence-corrected chi connectivity index (χ1v) is 8.32. The lowest BCUT2D eigenvalue weighted by molar-refractivity contribution is -0.139. The molecule has 22 heavy (non-hydrogen) atoms. The molecule has 0 radical (unpaired) electrons. The van der Waals surface area contributed by atoms with Gasteiger partial charge in [-0.1, -0.05) is 36.8 Å². The van der Waals surface area contributed by atoms with Gasteiger partial charge in [-0.05, 0) is 51.4 Å². The molecule has 122 valence electrons. The highest BCUT2D eigenvalue weighted by atomic mass is 16.4. The van der Waals surface area contributed by atoms with E-state index in [1.807, 2.05) is 6.92 Å². The standard InChI is InChI=1S/C18H28N2O2/c1-3-20(14-18(21)22)17-9-12-19(13-10-17)11-8-16-6-4-15(2)5-7-16/h4-7,17H,3,8-14H2,1-2H3,(H,21,22). The minimum absolute atomic E-state index is 0.171. The van der Waals surface area contributed by atoms with Gasteiger partial charge in [0.1, 0.15) is 0 Å². The Labute approximate surface area is 133 Å². The molecule has 0 spiro atoms. The van der Waals surface area contributed by atoms with Crippen LogP contribution in [0.5, 0.6) is 0 Å². The number of hydrogen-bond donors (Lipinski definition) is 1. The molecule has 1 aliphatic heterocycles. The van der Waals surface area contributed by atoms with E-state index in [1.165, 1.54) is 11.1 Å². The first-order valence-electron chi connectivity index (χ1n) is 8.32. The molecule has 1 heterocycles. The Morgan fingerprint density at radius 3 is 2.45 bits per heavy atom. The van der Waals surface area contributed by atoms with Crippen LogP contribution < -0.4 is 0 Å². The number of carbonyl (C=O) groups is 1. The highest BCUT2D eigenvalue weighted by Gasteiger charge is 2.24. The van der Waals surface area contributed by atoms with Crippen molar-refractivity contribution >= 4 is 5.97 Å². The van der Waals surface area contributed by atoms with Gasteiger partial charge in [0, 0.05) is 12.6 Å². The largest absolute Gasteiger partial charge is 0.480 e. The smallest absolute Gasteiger partial charge is 0.317 e. The van der Waals surface area contributed by atoms with Gasteiger partial charge in [-0.25, -0.2) is 0 Å². The molecule has 0 unspecified atom stereocenters. The van der Waals surface area contributed by atoms with Crippen molar-refractivity contribution in [3.8, 4) is 0 Å². The van der Waals surface area contributed by atoms with Crippen LogP contribution in [0.4, 0.5) is 0 Å². The van der Waals surface area contributed by atoms with Gasteiger partial charge in [0.2, 0.25) is 0 Å². The number of aryl methyl sites for hydroxylation is 1. The fourth-order valence-electron chi connectivity index (χ4n) is 3.22. The predicted octanol–water partition coefficient (Wildman–Crippen LogP) is 2.41. The Morgan fingerprint density at radius 1 is 1.27 bits per heavy atom. The van der Waals surface area contributed by atoms with Gasteiger partial charge < -0.3 is 10.0 Å². The van der Waals surface area contributed by atoms with Crippen molar-refractivity contribution in [1.29, 1.82) is 0 Å². The summed E-state index contributed by atoms with van der Waals surface area (Å²) in [7, 11) is 0. The number of carboxylic acids is 1. The zero-order valence-corrected chi connectivity index (χ0v) is 13.8. The lowest BCUT2D eigenvalue weighted by Gasteiger charge is -2.37. The number of nitrogens with zero attached hydrogens (tertiary/aromatic N) is 2. The normalized spacial score (nSPS) is 17.0. The molecule has 0 saturated carbocycles. The van der Waals surface area contributed by atoms with Crippen LogP contribution in [-0.2, 0) is 11.2 Å². The van der Waals surface area contributed by atoms with Crippen LogP contribution in [0.15, 0.2) is 24.3 Å². The van der Waals surface area contributed by atoms with E-state index >= 15 is 0 Å². The summed E-state index contributed by atoms with van der Waals surface area (Å²) >= 11 is 0. The van der Waals surface area contributed by atoms with Crippen molar-refractivity contribution in [3.63, 3.8) is 0 Å². The maximum atomic E-state index is 10.9. The molecular formula is C18H28N2O2. The van der Waals surface area contributed by atoms with Crippen LogP contribution in [0, 0.1) is 6.92 Å². The molecule has 0 aromatic heterocycles. The summed E-state index contributed by atoms with van der Waals surface area (Å²) in [4.78, 5) is 15.5. The summed E-state index contributed by atoms with van der Waals surface area (Å²) in [6, 6.07) is 9.21. The quantitative estimate of drug-likeness (QED) is 0.840. The number of benzene rings is 1. The van der Waals surface area contributed by atoms with Crippen molar-refractivity contribution in [2.45, 2.75) is 39.2 Å². The number of piperidine rings is 1. The first-order chi connectivity index (χ1) is 10.6. The number of likely N-dealkylation sites (N-methyl/N-ethyl adjacent to an activating group) is 1. The zero-order chi connectivity index (χ0) is 15.9. The van der Waals surface area contributed by atoms with Crippen LogP contribution >= 0.6 is 0 Å². The van der Waals surface area contributed by atoms with E-state index in [4.69, 9.17) is 5.11 Å². The topological polar surface area (TPSA) is 43.8 Å². The second-order valence-corrected chi connectivity index (χ2v) is 6.27. The Bertz CT molecular complexity index is 464. The minimum atomic E-state index is -0.719. The maximum absolute atomic E-state index is 10.9. The molecule has 4 heteroatoms. The van der Waals surface area contributed by atoms with E-state index in [9.17, 15) is 4.79 Å². The maximum Gasteiger partial charge on any atom is 0.317 e. The minimum Gasteiger partial charge on any atom is -0.480 e. The van der Waals surface area contributed by atoms with Gasteiger partial charge in [-0.2, -0.15) is 0 Å². The van der Waals surface area contributed by atoms with Crippen molar-refractivity contribution in [3.05, 3.63) is 35.4 Å². The van der Waals surface area contributed by atoms with Crippen LogP contribution in [0.25, 0.3) is 0 Å². The number of likely N-dealkylation sites (tertiary alicyclic amines) is 1. The summed E-state index contributed by atoms with van der Waals surface area (Å²) in [6.07, 6.45) is 3.25. The van der Waals surface area contributed by atoms with Gasteiger partial charge in [-0.3, -0.25) is 9.69 Å². The molecular weight excluding hydrogens is 276 g/mol. The van der Waals surface area contributed by atoms with Gasteiger partial charge in [0.05, 0.1) is 6.54 Å². The van der Waals surface area contributed by atoms with Gasteiger partial charge in [0.25, 0.3) is 0 Å². The van der Waals surface area contributed by atoms with Gasteiger partial charge >= 0.3 is 5.97 Å². The lowest BCUT2D eigenvalue weighted by Crippen LogP contribution is -2.46. The van der Waals surface area contributed by atoms with Crippen LogP contribution in [0.3, 0.4) is 0 Å². The molecule has 2 rings (SSSR count). The number of rotatable bonds is 7. The molecule has 1 aromatic carbocycles. The fraction of sp³-hybridized carbons (Fsp3) is 0.611. The lowest BCUT2D eigenvalue weighted by atomic mass is 10.0. The van der Waals surface area contributed by atoms with E-state index in [0.717, 1.165) is 45.4 Å². The molecule has 0 bridgehead atoms. The molecule has 1 aromatic rings. The zero-order valence-electron chi connectivity index (χ0n) is 13.8. The summed E-state index contributed by atoms with van der Waals surface area (Å²) in [5.74, 6) is -0.719. The molecule has 0 atom stereocenters. The summed E-state index contributed by atoms with van der Waals surface area (Å²) in [5.41, 5.74) is 2.71. The van der Waals surface area contributed by atoms with Gasteiger partial charge in [0.15, 0.2) is 0 Å². The number of carboxylic acid groups (broad SMARTS) is 1. The van der Waals surface area contributed by atoms with Crippen molar-refractivity contribution in [1.82, 2.24) is 9.80 Å². The third-order valence-electron chi connectivity index (χ3n) is 4.66. The van der Waals surface area contributed by atoms with E-state index < -0.39 is 5.97 Å². The summed E-state index contributed by atoms with van der Waals surface area (Å²) in [6.45, 7) is 8.41. The Hall–Kier alpha value is -1.39. The van der Waals surface area contributed by atoms with Crippen molar-refractivity contribution in [2.75, 3.05) is 32.7 Å². The molecule has 1 fully saturated rings. The molecule has 1 aliphatic rings. The molecule has 0 amide bonds. The average molecular weight is 304 g/mol. The average Bonchev–Trinajstić information content (AvgIpc) is 2.52. The molecule has 0 aliphatic carbocycles. The van der Waals surface area contributed by atoms with Crippen LogP contribution in [0.2, 0.25) is 0 Å². The highest BCUT2D eigenvalue weighted by molar-refractivity contribution is 5.69. The molecule has 1 saturated heterocycles. The van der Waals surface area contributed by atoms with Crippen LogP contribution in [-0.4, -0.2) is 59.6 Å². The summed E-state index contributed by atoms with van der Waals surface area (Å²) in [5, 5.41) is 8.98. The molecule has 1 N–H and O–H groups in total. The fourth-order valence-corrected chi connectivity index (χ4v) is 3.22. The van der Waals surface area contributed by atoms with E-state index in [1.54, 1.807) is 0 Å². The van der Waals surface area contributed by atoms with E-state index in [-0.39, 0.29) is 6.54 Å². The first kappa shape index (κ1) is 17.0. The number of hydrogen-bond acceptors (Lipinski definition) is 3. The van der Waals surface area contributed by atoms with Crippen molar-refractivity contribution in [2.24, 2.45) is 0 Å². The van der Waals surface area contributed by atoms with E-state index in [0.29, 0.717) is 6.04 Å². The highest BCUT2D eigenvalue weighted by Crippen LogP contribution is 2.17. The Kier molecular flexibility index (Phi) is 6.40. The third kappa shape index (κ3) is 5.11. The van der Waals surface area contributed by atoms with Crippen molar-refractivity contribution < 1.29 is 9.90 Å². The number of aliphatic carboxylic acids is 1. The predicted molar refractivity (Wildman–Crippen MR) is 89.2 cm³/mol. The van der Waals surface area contributed by atoms with Gasteiger partial charge in [-0.15, -0.1) is 0 Å². The third-order valence-corrected chi connectivity index (χ3v) is 4.66. The second-order valence-electron chi connectivity index (χ2n) is 6.27.